The minimum Gasteiger partial charge on any atom is -0.100 e. The summed E-state index contributed by atoms with van der Waals surface area (Å²) in [5.41, 5.74) is 2.19. The molecule has 0 aromatic carbocycles. The molecule has 96 valence electrons. The lowest BCUT2D eigenvalue weighted by Crippen LogP contribution is -2.28. The SMILES string of the molecule is C=C(C)CC(C)(C)CC(CC)C(C)(C)CC. The van der Waals surface area contributed by atoms with Crippen molar-refractivity contribution in [3.63, 3.8) is 0 Å². The summed E-state index contributed by atoms with van der Waals surface area (Å²) < 4.78 is 0. The van der Waals surface area contributed by atoms with E-state index < -0.39 is 0 Å². The molecule has 0 aliphatic rings. The third kappa shape index (κ3) is 5.18. The molecule has 0 aromatic heterocycles. The number of hydrogen-bond donors (Lipinski definition) is 0. The van der Waals surface area contributed by atoms with Gasteiger partial charge in [-0.25, -0.2) is 0 Å². The lowest BCUT2D eigenvalue weighted by molar-refractivity contribution is 0.129. The highest BCUT2D eigenvalue weighted by molar-refractivity contribution is 4.95. The molecule has 0 heteroatoms. The van der Waals surface area contributed by atoms with Crippen LogP contribution in [0.5, 0.6) is 0 Å². The van der Waals surface area contributed by atoms with Crippen LogP contribution in [0.2, 0.25) is 0 Å². The molecular weight excluding hydrogens is 192 g/mol. The van der Waals surface area contributed by atoms with Crippen LogP contribution in [0, 0.1) is 16.7 Å². The van der Waals surface area contributed by atoms with Gasteiger partial charge in [0.1, 0.15) is 0 Å². The molecule has 0 spiro atoms. The average molecular weight is 224 g/mol. The van der Waals surface area contributed by atoms with Crippen LogP contribution in [-0.2, 0) is 0 Å². The largest absolute Gasteiger partial charge is 0.100 e. The first-order valence-corrected chi connectivity index (χ1v) is 6.79. The van der Waals surface area contributed by atoms with Crippen molar-refractivity contribution in [3.05, 3.63) is 12.2 Å². The van der Waals surface area contributed by atoms with Gasteiger partial charge in [-0.1, -0.05) is 60.0 Å². The minimum absolute atomic E-state index is 0.402. The van der Waals surface area contributed by atoms with E-state index in [1.54, 1.807) is 0 Å². The van der Waals surface area contributed by atoms with Gasteiger partial charge in [0.05, 0.1) is 0 Å². The van der Waals surface area contributed by atoms with E-state index in [0.717, 1.165) is 12.3 Å². The molecule has 0 amide bonds. The summed E-state index contributed by atoms with van der Waals surface area (Å²) in [6, 6.07) is 0. The standard InChI is InChI=1S/C16H32/c1-9-14(16(7,8)10-2)12-15(5,6)11-13(3)4/h14H,3,9-12H2,1-2,4-8H3. The molecule has 1 unspecified atom stereocenters. The van der Waals surface area contributed by atoms with Gasteiger partial charge in [-0.3, -0.25) is 0 Å². The van der Waals surface area contributed by atoms with Crippen LogP contribution in [0.25, 0.3) is 0 Å². The van der Waals surface area contributed by atoms with Crippen molar-refractivity contribution < 1.29 is 0 Å². The predicted octanol–water partition coefficient (Wildman–Crippen LogP) is 5.83. The van der Waals surface area contributed by atoms with Gasteiger partial charge in [-0.2, -0.15) is 0 Å². The fraction of sp³-hybridized carbons (Fsp3) is 0.875. The van der Waals surface area contributed by atoms with Gasteiger partial charge < -0.3 is 0 Å². The van der Waals surface area contributed by atoms with E-state index in [2.05, 4.69) is 55.0 Å². The van der Waals surface area contributed by atoms with Gasteiger partial charge >= 0.3 is 0 Å². The highest BCUT2D eigenvalue weighted by Gasteiger charge is 2.31. The van der Waals surface area contributed by atoms with Crippen LogP contribution in [0.1, 0.15) is 74.1 Å². The molecule has 0 aliphatic heterocycles. The van der Waals surface area contributed by atoms with Crippen LogP contribution in [0.3, 0.4) is 0 Å². The normalized spacial score (nSPS) is 14.9. The Morgan fingerprint density at radius 3 is 1.94 bits per heavy atom. The highest BCUT2D eigenvalue weighted by Crippen LogP contribution is 2.42. The Kier molecular flexibility index (Phi) is 5.79. The summed E-state index contributed by atoms with van der Waals surface area (Å²) in [6.07, 6.45) is 5.04. The third-order valence-electron chi connectivity index (χ3n) is 4.09. The Bertz CT molecular complexity index is 220. The van der Waals surface area contributed by atoms with E-state index in [0.29, 0.717) is 10.8 Å². The van der Waals surface area contributed by atoms with Gasteiger partial charge in [0.25, 0.3) is 0 Å². The van der Waals surface area contributed by atoms with Gasteiger partial charge in [-0.15, -0.1) is 6.58 Å². The third-order valence-corrected chi connectivity index (χ3v) is 4.09. The van der Waals surface area contributed by atoms with E-state index in [-0.39, 0.29) is 0 Å². The zero-order chi connectivity index (χ0) is 13.0. The Balaban J connectivity index is 4.59. The van der Waals surface area contributed by atoms with Gasteiger partial charge in [-0.05, 0) is 36.5 Å². The molecule has 1 atom stereocenters. The molecular formula is C16H32. The van der Waals surface area contributed by atoms with Gasteiger partial charge in [0, 0.05) is 0 Å². The Hall–Kier alpha value is -0.260. The second-order valence-corrected chi connectivity index (χ2v) is 6.95. The van der Waals surface area contributed by atoms with Crippen LogP contribution in [0.15, 0.2) is 12.2 Å². The van der Waals surface area contributed by atoms with Crippen LogP contribution in [-0.4, -0.2) is 0 Å². The van der Waals surface area contributed by atoms with Crippen molar-refractivity contribution >= 4 is 0 Å². The lowest BCUT2D eigenvalue weighted by Gasteiger charge is -2.38. The maximum atomic E-state index is 4.06. The summed E-state index contributed by atoms with van der Waals surface area (Å²) in [6.45, 7) is 20.4. The Labute approximate surface area is 104 Å². The van der Waals surface area contributed by atoms with E-state index in [9.17, 15) is 0 Å². The minimum atomic E-state index is 0.402. The molecule has 0 fully saturated rings. The summed E-state index contributed by atoms with van der Waals surface area (Å²) in [5.74, 6) is 0.826. The summed E-state index contributed by atoms with van der Waals surface area (Å²) in [7, 11) is 0. The summed E-state index contributed by atoms with van der Waals surface area (Å²) in [5, 5.41) is 0. The second kappa shape index (κ2) is 5.89. The molecule has 0 N–H and O–H groups in total. The van der Waals surface area contributed by atoms with Crippen molar-refractivity contribution in [2.75, 3.05) is 0 Å². The smallest absolute Gasteiger partial charge is 0.0274 e. The fourth-order valence-corrected chi connectivity index (χ4v) is 2.82. The van der Waals surface area contributed by atoms with Crippen molar-refractivity contribution in [3.8, 4) is 0 Å². The molecule has 0 saturated carbocycles. The molecule has 0 rings (SSSR count). The molecule has 0 nitrogen and oxygen atoms in total. The van der Waals surface area contributed by atoms with Gasteiger partial charge in [0.15, 0.2) is 0 Å². The molecule has 16 heavy (non-hydrogen) atoms. The highest BCUT2D eigenvalue weighted by atomic mass is 14.4. The van der Waals surface area contributed by atoms with E-state index in [1.807, 2.05) is 0 Å². The summed E-state index contributed by atoms with van der Waals surface area (Å²) in [4.78, 5) is 0. The zero-order valence-corrected chi connectivity index (χ0v) is 12.6. The van der Waals surface area contributed by atoms with Crippen molar-refractivity contribution in [2.24, 2.45) is 16.7 Å². The molecule has 0 bridgehead atoms. The van der Waals surface area contributed by atoms with E-state index in [4.69, 9.17) is 0 Å². The summed E-state index contributed by atoms with van der Waals surface area (Å²) >= 11 is 0. The molecule has 0 saturated heterocycles. The van der Waals surface area contributed by atoms with Crippen molar-refractivity contribution in [1.29, 1.82) is 0 Å². The Morgan fingerprint density at radius 1 is 1.12 bits per heavy atom. The molecule has 0 aromatic rings. The second-order valence-electron chi connectivity index (χ2n) is 6.95. The van der Waals surface area contributed by atoms with Crippen LogP contribution < -0.4 is 0 Å². The van der Waals surface area contributed by atoms with E-state index >= 15 is 0 Å². The van der Waals surface area contributed by atoms with Crippen molar-refractivity contribution in [1.82, 2.24) is 0 Å². The molecule has 0 heterocycles. The zero-order valence-electron chi connectivity index (χ0n) is 12.6. The first-order valence-electron chi connectivity index (χ1n) is 6.79. The average Bonchev–Trinajstić information content (AvgIpc) is 2.12. The number of hydrogen-bond acceptors (Lipinski definition) is 0. The quantitative estimate of drug-likeness (QED) is 0.477. The first kappa shape index (κ1) is 15.7. The van der Waals surface area contributed by atoms with Crippen LogP contribution >= 0.6 is 0 Å². The maximum Gasteiger partial charge on any atom is -0.0274 e. The van der Waals surface area contributed by atoms with Gasteiger partial charge in [0.2, 0.25) is 0 Å². The number of rotatable bonds is 7. The van der Waals surface area contributed by atoms with Crippen molar-refractivity contribution in [2.45, 2.75) is 74.1 Å². The number of allylic oxidation sites excluding steroid dienone is 1. The topological polar surface area (TPSA) is 0 Å². The lowest BCUT2D eigenvalue weighted by atomic mass is 9.67. The Morgan fingerprint density at radius 2 is 1.62 bits per heavy atom. The fourth-order valence-electron chi connectivity index (χ4n) is 2.82. The maximum absolute atomic E-state index is 4.06. The monoisotopic (exact) mass is 224 g/mol. The molecule has 0 radical (unpaired) electrons. The van der Waals surface area contributed by atoms with Crippen LogP contribution in [0.4, 0.5) is 0 Å². The predicted molar refractivity (Wildman–Crippen MR) is 75.7 cm³/mol. The molecule has 0 aliphatic carbocycles. The van der Waals surface area contributed by atoms with E-state index in [1.165, 1.54) is 24.8 Å². The first-order chi connectivity index (χ1) is 7.14.